The molecule has 0 aliphatic carbocycles. The summed E-state index contributed by atoms with van der Waals surface area (Å²) < 4.78 is 11.2. The fourth-order valence-corrected chi connectivity index (χ4v) is 3.89. The van der Waals surface area contributed by atoms with E-state index in [1.807, 2.05) is 27.7 Å². The summed E-state index contributed by atoms with van der Waals surface area (Å²) in [6.07, 6.45) is 2.88. The third kappa shape index (κ3) is 16.3. The summed E-state index contributed by atoms with van der Waals surface area (Å²) in [4.78, 5) is 24.5. The van der Waals surface area contributed by atoms with Gasteiger partial charge in [0.25, 0.3) is 0 Å². The highest BCUT2D eigenvalue weighted by molar-refractivity contribution is 5.91. The third-order valence-corrected chi connectivity index (χ3v) is 6.24. The predicted molar refractivity (Wildman–Crippen MR) is 167 cm³/mol. The zero-order valence-electron chi connectivity index (χ0n) is 25.5. The molecule has 0 aliphatic heterocycles. The Labute approximate surface area is 250 Å². The third-order valence-electron chi connectivity index (χ3n) is 6.24. The molecule has 6 N–H and O–H groups in total. The Hall–Kier alpha value is -3.18. The van der Waals surface area contributed by atoms with Crippen molar-refractivity contribution in [2.45, 2.75) is 90.5 Å². The van der Waals surface area contributed by atoms with Crippen LogP contribution in [0.15, 0.2) is 48.5 Å². The van der Waals surface area contributed by atoms with Crippen LogP contribution in [0.1, 0.15) is 66.2 Å². The number of nitrogens with one attached hydrogen (secondary N) is 4. The minimum atomic E-state index is -0.594. The maximum absolute atomic E-state index is 12.3. The normalized spacial score (nSPS) is 12.7. The van der Waals surface area contributed by atoms with Crippen molar-refractivity contribution in [3.8, 4) is 11.5 Å². The van der Waals surface area contributed by atoms with Gasteiger partial charge < -0.3 is 41.0 Å². The van der Waals surface area contributed by atoms with Gasteiger partial charge in [0.15, 0.2) is 0 Å². The van der Waals surface area contributed by atoms with Crippen LogP contribution in [0.25, 0.3) is 0 Å². The van der Waals surface area contributed by atoms with Gasteiger partial charge in [0.05, 0.1) is 0 Å². The van der Waals surface area contributed by atoms with E-state index in [0.717, 1.165) is 25.7 Å². The lowest BCUT2D eigenvalue weighted by molar-refractivity contribution is -0.117. The molecule has 0 spiro atoms. The molecule has 2 aromatic carbocycles. The summed E-state index contributed by atoms with van der Waals surface area (Å²) in [6, 6.07) is 14.8. The standard InChI is InChI=1S/C32H50N4O6/c1-23(2)33-19-27(37)21-41-29-15-11-25(12-16-29)35-31(39)9-7-5-6-8-10-32(40)36-26-13-17-30(18-14-26)42-22-28(38)20-34-24(3)4/h11-18,23-24,27-28,33-34,37-38H,5-10,19-22H2,1-4H3,(H,35,39)(H,36,40). The van der Waals surface area contributed by atoms with Crippen LogP contribution in [0.5, 0.6) is 11.5 Å². The molecule has 2 atom stereocenters. The molecule has 10 heteroatoms. The van der Waals surface area contributed by atoms with Crippen molar-refractivity contribution in [1.82, 2.24) is 10.6 Å². The van der Waals surface area contributed by atoms with Crippen LogP contribution in [0.4, 0.5) is 11.4 Å². The Morgan fingerprint density at radius 3 is 1.31 bits per heavy atom. The quantitative estimate of drug-likeness (QED) is 0.120. The van der Waals surface area contributed by atoms with Crippen molar-refractivity contribution >= 4 is 23.2 Å². The first kappa shape index (κ1) is 35.0. The largest absolute Gasteiger partial charge is 0.491 e. The second-order valence-electron chi connectivity index (χ2n) is 11.1. The molecule has 0 aliphatic rings. The topological polar surface area (TPSA) is 141 Å². The van der Waals surface area contributed by atoms with Gasteiger partial charge in [-0.25, -0.2) is 0 Å². The van der Waals surface area contributed by atoms with Crippen molar-refractivity contribution in [3.63, 3.8) is 0 Å². The molecular formula is C32H50N4O6. The van der Waals surface area contributed by atoms with E-state index >= 15 is 0 Å². The minimum Gasteiger partial charge on any atom is -0.491 e. The summed E-state index contributed by atoms with van der Waals surface area (Å²) in [5, 5.41) is 32.0. The summed E-state index contributed by atoms with van der Waals surface area (Å²) in [5.41, 5.74) is 1.39. The average Bonchev–Trinajstić information content (AvgIpc) is 2.96. The molecule has 0 heterocycles. The number of unbranched alkanes of at least 4 members (excludes halogenated alkanes) is 3. The minimum absolute atomic E-state index is 0.0502. The molecule has 0 fully saturated rings. The van der Waals surface area contributed by atoms with E-state index in [9.17, 15) is 19.8 Å². The van der Waals surface area contributed by atoms with Gasteiger partial charge in [-0.15, -0.1) is 0 Å². The predicted octanol–water partition coefficient (Wildman–Crippen LogP) is 4.08. The van der Waals surface area contributed by atoms with Gasteiger partial charge in [-0.3, -0.25) is 9.59 Å². The van der Waals surface area contributed by atoms with Gasteiger partial charge in [-0.05, 0) is 61.4 Å². The number of benzene rings is 2. The van der Waals surface area contributed by atoms with Crippen LogP contribution in [-0.2, 0) is 9.59 Å². The summed E-state index contributed by atoms with van der Waals surface area (Å²) in [7, 11) is 0. The first-order valence-corrected chi connectivity index (χ1v) is 15.0. The zero-order chi connectivity index (χ0) is 30.7. The Morgan fingerprint density at radius 1 is 0.619 bits per heavy atom. The lowest BCUT2D eigenvalue weighted by Gasteiger charge is -2.15. The van der Waals surface area contributed by atoms with E-state index in [1.54, 1.807) is 48.5 Å². The lowest BCUT2D eigenvalue weighted by Crippen LogP contribution is -2.35. The molecule has 2 rings (SSSR count). The molecule has 2 unspecified atom stereocenters. The van der Waals surface area contributed by atoms with Crippen LogP contribution in [-0.4, -0.2) is 72.6 Å². The second-order valence-corrected chi connectivity index (χ2v) is 11.1. The average molecular weight is 587 g/mol. The monoisotopic (exact) mass is 586 g/mol. The van der Waals surface area contributed by atoms with Gasteiger partial charge in [-0.2, -0.15) is 0 Å². The number of hydrogen-bond donors (Lipinski definition) is 6. The fourth-order valence-electron chi connectivity index (χ4n) is 3.89. The summed E-state index contributed by atoms with van der Waals surface area (Å²) in [5.74, 6) is 1.16. The number of ether oxygens (including phenoxy) is 2. The van der Waals surface area contributed by atoms with Gasteiger partial charge in [0.1, 0.15) is 36.9 Å². The molecule has 234 valence electrons. The number of rotatable bonds is 21. The van der Waals surface area contributed by atoms with Gasteiger partial charge in [0, 0.05) is 49.4 Å². The van der Waals surface area contributed by atoms with Crippen molar-refractivity contribution in [2.75, 3.05) is 36.9 Å². The highest BCUT2D eigenvalue weighted by Gasteiger charge is 2.09. The maximum atomic E-state index is 12.3. The first-order valence-electron chi connectivity index (χ1n) is 15.0. The molecule has 0 saturated heterocycles. The molecule has 0 radical (unpaired) electrons. The summed E-state index contributed by atoms with van der Waals surface area (Å²) >= 11 is 0. The van der Waals surface area contributed by atoms with Crippen molar-refractivity contribution in [3.05, 3.63) is 48.5 Å². The molecule has 0 bridgehead atoms. The fraction of sp³-hybridized carbons (Fsp3) is 0.562. The van der Waals surface area contributed by atoms with Crippen LogP contribution >= 0.6 is 0 Å². The zero-order valence-corrected chi connectivity index (χ0v) is 25.5. The number of amides is 2. The number of carbonyl (C=O) groups is 2. The second kappa shape index (κ2) is 19.9. The first-order chi connectivity index (χ1) is 20.1. The molecule has 0 saturated carbocycles. The molecule has 2 amide bonds. The number of hydrogen-bond acceptors (Lipinski definition) is 8. The number of aliphatic hydroxyl groups excluding tert-OH is 2. The van der Waals surface area contributed by atoms with Crippen LogP contribution < -0.4 is 30.7 Å². The molecule has 2 aromatic rings. The van der Waals surface area contributed by atoms with Crippen molar-refractivity contribution < 1.29 is 29.3 Å². The molecule has 42 heavy (non-hydrogen) atoms. The number of anilines is 2. The highest BCUT2D eigenvalue weighted by atomic mass is 16.5. The summed E-state index contributed by atoms with van der Waals surface area (Å²) in [6.45, 7) is 9.40. The van der Waals surface area contributed by atoms with E-state index in [0.29, 0.717) is 60.9 Å². The van der Waals surface area contributed by atoms with Crippen LogP contribution in [0.3, 0.4) is 0 Å². The van der Waals surface area contributed by atoms with Gasteiger partial charge >= 0.3 is 0 Å². The van der Waals surface area contributed by atoms with Crippen molar-refractivity contribution in [1.29, 1.82) is 0 Å². The Bertz CT molecular complexity index is 947. The Balaban J connectivity index is 1.53. The lowest BCUT2D eigenvalue weighted by atomic mass is 10.1. The van der Waals surface area contributed by atoms with Gasteiger partial charge in [-0.1, -0.05) is 40.5 Å². The SMILES string of the molecule is CC(C)NCC(O)COc1ccc(NC(=O)CCCCCCC(=O)Nc2ccc(OCC(O)CNC(C)C)cc2)cc1. The van der Waals surface area contributed by atoms with E-state index in [-0.39, 0.29) is 25.0 Å². The number of aliphatic hydroxyl groups is 2. The van der Waals surface area contributed by atoms with Crippen LogP contribution in [0.2, 0.25) is 0 Å². The maximum Gasteiger partial charge on any atom is 0.224 e. The van der Waals surface area contributed by atoms with E-state index in [1.165, 1.54) is 0 Å². The highest BCUT2D eigenvalue weighted by Crippen LogP contribution is 2.18. The number of carbonyl (C=O) groups excluding carboxylic acids is 2. The molecule has 10 nitrogen and oxygen atoms in total. The van der Waals surface area contributed by atoms with E-state index in [4.69, 9.17) is 9.47 Å². The molecule has 0 aromatic heterocycles. The van der Waals surface area contributed by atoms with Crippen LogP contribution in [0, 0.1) is 0 Å². The van der Waals surface area contributed by atoms with E-state index < -0.39 is 12.2 Å². The smallest absolute Gasteiger partial charge is 0.224 e. The molecular weight excluding hydrogens is 536 g/mol. The van der Waals surface area contributed by atoms with Gasteiger partial charge in [0.2, 0.25) is 11.8 Å². The van der Waals surface area contributed by atoms with Crippen molar-refractivity contribution in [2.24, 2.45) is 0 Å². The van der Waals surface area contributed by atoms with E-state index in [2.05, 4.69) is 21.3 Å². The Kier molecular flexibility index (Phi) is 16.6. The Morgan fingerprint density at radius 2 is 0.976 bits per heavy atom.